The Bertz CT molecular complexity index is 1150. The largest absolute Gasteiger partial charge is 0.854 e. The minimum Gasteiger partial charge on any atom is -0.854 e. The first-order chi connectivity index (χ1) is 15.9. The van der Waals surface area contributed by atoms with Crippen molar-refractivity contribution in [3.05, 3.63) is 54.1 Å². The van der Waals surface area contributed by atoms with Gasteiger partial charge in [-0.05, 0) is 42.8 Å². The van der Waals surface area contributed by atoms with E-state index in [0.717, 1.165) is 36.3 Å². The van der Waals surface area contributed by atoms with Crippen molar-refractivity contribution in [2.24, 2.45) is 0 Å². The van der Waals surface area contributed by atoms with Gasteiger partial charge in [0, 0.05) is 43.1 Å². The zero-order valence-electron chi connectivity index (χ0n) is 19.5. The number of carbonyl (C=O) groups is 1. The molecule has 33 heavy (non-hydrogen) atoms. The normalized spacial score (nSPS) is 14.5. The van der Waals surface area contributed by atoms with Gasteiger partial charge in [-0.2, -0.15) is 0 Å². The number of fused-ring (bicyclic) bond motifs is 3. The van der Waals surface area contributed by atoms with Crippen molar-refractivity contribution >= 4 is 29.0 Å². The Hall–Kier alpha value is -3.13. The monoisotopic (exact) mass is 463 g/mol. The molecule has 3 aromatic rings. The Morgan fingerprint density at radius 2 is 1.88 bits per heavy atom. The predicted octanol–water partition coefficient (Wildman–Crippen LogP) is 3.77. The summed E-state index contributed by atoms with van der Waals surface area (Å²) in [7, 11) is 3.97. The first-order valence-corrected chi connectivity index (χ1v) is 12.2. The van der Waals surface area contributed by atoms with Crippen LogP contribution >= 0.6 is 11.8 Å². The number of hydrogen-bond donors (Lipinski definition) is 0. The van der Waals surface area contributed by atoms with Gasteiger partial charge in [-0.1, -0.05) is 48.3 Å². The molecular formula is C25H29N5O2S. The molecule has 2 aromatic carbocycles. The molecule has 8 heteroatoms. The minimum absolute atomic E-state index is 0.120. The van der Waals surface area contributed by atoms with E-state index >= 15 is 0 Å². The lowest BCUT2D eigenvalue weighted by molar-refractivity contribution is -0.764. The highest BCUT2D eigenvalue weighted by atomic mass is 32.2. The molecule has 0 fully saturated rings. The molecular weight excluding hydrogens is 434 g/mol. The van der Waals surface area contributed by atoms with Crippen molar-refractivity contribution < 1.29 is 14.6 Å². The number of unbranched alkanes of at least 4 members (excludes halogenated alkanes) is 2. The highest BCUT2D eigenvalue weighted by Crippen LogP contribution is 2.41. The third-order valence-corrected chi connectivity index (χ3v) is 6.67. The topological polar surface area (TPSA) is 76.3 Å². The summed E-state index contributed by atoms with van der Waals surface area (Å²) in [5.41, 5.74) is 3.69. The van der Waals surface area contributed by atoms with E-state index in [0.29, 0.717) is 22.1 Å². The summed E-state index contributed by atoms with van der Waals surface area (Å²) >= 11 is 1.49. The van der Waals surface area contributed by atoms with Crippen LogP contribution in [0.1, 0.15) is 44.8 Å². The third-order valence-electron chi connectivity index (χ3n) is 5.74. The number of hydrogen-bond acceptors (Lipinski definition) is 6. The Labute approximate surface area is 199 Å². The number of amides is 1. The summed E-state index contributed by atoms with van der Waals surface area (Å²) in [4.78, 5) is 20.9. The first-order valence-electron chi connectivity index (χ1n) is 11.2. The second-order valence-electron chi connectivity index (χ2n) is 8.31. The number of para-hydroxylation sites is 1. The summed E-state index contributed by atoms with van der Waals surface area (Å²) in [6.45, 7) is 3.70. The van der Waals surface area contributed by atoms with Crippen LogP contribution < -0.4 is 19.6 Å². The van der Waals surface area contributed by atoms with Gasteiger partial charge in [0.2, 0.25) is 5.91 Å². The van der Waals surface area contributed by atoms with Crippen LogP contribution in [0.4, 0.5) is 11.4 Å². The second kappa shape index (κ2) is 9.79. The van der Waals surface area contributed by atoms with Crippen molar-refractivity contribution in [3.63, 3.8) is 0 Å². The Morgan fingerprint density at radius 3 is 2.55 bits per heavy atom. The van der Waals surface area contributed by atoms with Gasteiger partial charge in [0.15, 0.2) is 0 Å². The molecule has 172 valence electrons. The van der Waals surface area contributed by atoms with Crippen LogP contribution in [0.3, 0.4) is 0 Å². The Balaban J connectivity index is 1.88. The fraction of sp³-hybridized carbons (Fsp3) is 0.360. The highest BCUT2D eigenvalue weighted by molar-refractivity contribution is 7.99. The predicted molar refractivity (Wildman–Crippen MR) is 129 cm³/mol. The van der Waals surface area contributed by atoms with E-state index in [9.17, 15) is 9.90 Å². The van der Waals surface area contributed by atoms with E-state index in [1.165, 1.54) is 11.8 Å². The van der Waals surface area contributed by atoms with E-state index in [2.05, 4.69) is 11.9 Å². The number of anilines is 2. The van der Waals surface area contributed by atoms with Gasteiger partial charge in [-0.25, -0.2) is 9.88 Å². The number of nitrogens with zero attached hydrogens (tertiary/aromatic N) is 5. The highest BCUT2D eigenvalue weighted by Gasteiger charge is 2.43. The maximum absolute atomic E-state index is 13.2. The van der Waals surface area contributed by atoms with Crippen molar-refractivity contribution in [1.29, 1.82) is 0 Å². The van der Waals surface area contributed by atoms with E-state index < -0.39 is 6.17 Å². The fourth-order valence-electron chi connectivity index (χ4n) is 4.10. The maximum Gasteiger partial charge on any atom is 0.293 e. The molecule has 0 saturated carbocycles. The molecule has 0 spiro atoms. The summed E-state index contributed by atoms with van der Waals surface area (Å²) in [6, 6.07) is 15.4. The lowest BCUT2D eigenvalue weighted by Gasteiger charge is -2.33. The van der Waals surface area contributed by atoms with E-state index in [1.807, 2.05) is 67.5 Å². The van der Waals surface area contributed by atoms with E-state index in [1.54, 1.807) is 16.5 Å². The summed E-state index contributed by atoms with van der Waals surface area (Å²) in [5, 5.41) is 18.5. The van der Waals surface area contributed by atoms with Gasteiger partial charge < -0.3 is 10.0 Å². The molecule has 1 aliphatic rings. The van der Waals surface area contributed by atoms with Crippen molar-refractivity contribution in [1.82, 2.24) is 10.1 Å². The van der Waals surface area contributed by atoms with Gasteiger partial charge in [-0.3, -0.25) is 4.79 Å². The maximum atomic E-state index is 13.2. The molecule has 1 unspecified atom stereocenters. The van der Waals surface area contributed by atoms with Gasteiger partial charge >= 0.3 is 0 Å². The van der Waals surface area contributed by atoms with Crippen LogP contribution in [0.25, 0.3) is 11.3 Å². The first kappa shape index (κ1) is 23.0. The number of benzene rings is 2. The number of rotatable bonds is 7. The average Bonchev–Trinajstić information content (AvgIpc) is 2.80. The molecule has 1 aliphatic heterocycles. The lowest BCUT2D eigenvalue weighted by Crippen LogP contribution is -2.58. The van der Waals surface area contributed by atoms with Crippen LogP contribution in [0.5, 0.6) is 5.88 Å². The van der Waals surface area contributed by atoms with E-state index in [-0.39, 0.29) is 11.8 Å². The zero-order valence-corrected chi connectivity index (χ0v) is 20.3. The molecule has 7 nitrogen and oxygen atoms in total. The van der Waals surface area contributed by atoms with Crippen LogP contribution in [0.15, 0.2) is 53.7 Å². The molecule has 4 rings (SSSR count). The van der Waals surface area contributed by atoms with Crippen molar-refractivity contribution in [2.45, 2.75) is 44.4 Å². The fourth-order valence-corrected chi connectivity index (χ4v) is 4.92. The lowest BCUT2D eigenvalue weighted by atomic mass is 10.0. The van der Waals surface area contributed by atoms with Crippen LogP contribution in [-0.2, 0) is 4.79 Å². The average molecular weight is 464 g/mol. The number of aromatic nitrogens is 3. The summed E-state index contributed by atoms with van der Waals surface area (Å²) in [6.07, 6.45) is 2.72. The molecule has 2 heterocycles. The molecule has 0 N–H and O–H groups in total. The molecule has 0 aliphatic carbocycles. The zero-order chi connectivity index (χ0) is 23.5. The van der Waals surface area contributed by atoms with Crippen molar-refractivity contribution in [3.8, 4) is 17.1 Å². The van der Waals surface area contributed by atoms with Crippen LogP contribution in [-0.4, -0.2) is 35.8 Å². The van der Waals surface area contributed by atoms with Gasteiger partial charge in [0.1, 0.15) is 0 Å². The minimum atomic E-state index is -0.575. The van der Waals surface area contributed by atoms with Crippen LogP contribution in [0.2, 0.25) is 0 Å². The number of carbonyl (C=O) groups excluding carboxylic acids is 1. The molecule has 1 atom stereocenters. The van der Waals surface area contributed by atoms with Gasteiger partial charge in [-0.15, -0.1) is 0 Å². The van der Waals surface area contributed by atoms with E-state index in [4.69, 9.17) is 5.10 Å². The smallest absolute Gasteiger partial charge is 0.293 e. The SMILES string of the molecule is CCCCCSc1nc([O-])c2[n+](n1)C(c1ccc(N(C)C)cc1)N(C(C)=O)c1ccccc1-2. The van der Waals surface area contributed by atoms with Crippen LogP contribution in [0, 0.1) is 0 Å². The standard InChI is InChI=1S/C25H29N5O2S/c1-5-6-9-16-33-25-26-23(32)22-20-10-7-8-11-21(20)29(17(2)31)24(30(22)27-25)18-12-14-19(15-13-18)28(3)4/h7-8,10-15,24H,5-6,9,16H2,1-4H3. The molecule has 0 radical (unpaired) electrons. The molecule has 0 saturated heterocycles. The quantitative estimate of drug-likeness (QED) is 0.302. The Morgan fingerprint density at radius 1 is 1.15 bits per heavy atom. The number of thioether (sulfide) groups is 1. The van der Waals surface area contributed by atoms with Gasteiger partial charge in [0.05, 0.1) is 17.1 Å². The second-order valence-corrected chi connectivity index (χ2v) is 9.38. The molecule has 0 bridgehead atoms. The van der Waals surface area contributed by atoms with Crippen molar-refractivity contribution in [2.75, 3.05) is 29.6 Å². The van der Waals surface area contributed by atoms with Gasteiger partial charge in [0.25, 0.3) is 17.0 Å². The third kappa shape index (κ3) is 4.53. The molecule has 1 aromatic heterocycles. The summed E-state index contributed by atoms with van der Waals surface area (Å²) in [5.74, 6) is 0.404. The summed E-state index contributed by atoms with van der Waals surface area (Å²) < 4.78 is 1.69. The molecule has 1 amide bonds. The Kier molecular flexibility index (Phi) is 6.83.